The van der Waals surface area contributed by atoms with Crippen molar-refractivity contribution in [3.05, 3.63) is 58.3 Å². The highest BCUT2D eigenvalue weighted by molar-refractivity contribution is 5.94. The van der Waals surface area contributed by atoms with Crippen LogP contribution < -0.4 is 4.74 Å². The fourth-order valence-corrected chi connectivity index (χ4v) is 1.41. The molecule has 0 unspecified atom stereocenters. The van der Waals surface area contributed by atoms with Crippen molar-refractivity contribution < 1.29 is 23.3 Å². The van der Waals surface area contributed by atoms with E-state index >= 15 is 0 Å². The van der Waals surface area contributed by atoms with Crippen molar-refractivity contribution in [3.63, 3.8) is 0 Å². The molecule has 1 aromatic carbocycles. The number of Topliss-reactive ketones (excluding diaryl/α,β-unsaturated/α-hetero) is 1. The number of carbonyl (C=O) groups excluding carboxylic acids is 1. The molecule has 0 aliphatic heterocycles. The van der Waals surface area contributed by atoms with Crippen LogP contribution in [0.15, 0.2) is 41.0 Å². The predicted octanol–water partition coefficient (Wildman–Crippen LogP) is 2.59. The Morgan fingerprint density at radius 3 is 2.84 bits per heavy atom. The van der Waals surface area contributed by atoms with Gasteiger partial charge in [-0.15, -0.1) is 0 Å². The monoisotopic (exact) mass is 265 g/mol. The minimum Gasteiger partial charge on any atom is -0.478 e. The lowest BCUT2D eigenvalue weighted by Gasteiger charge is -2.05. The molecule has 98 valence electrons. The Bertz CT molecular complexity index is 609. The zero-order chi connectivity index (χ0) is 13.8. The number of furan rings is 1. The van der Waals surface area contributed by atoms with Gasteiger partial charge in [-0.1, -0.05) is 0 Å². The minimum atomic E-state index is -0.782. The van der Waals surface area contributed by atoms with Crippen molar-refractivity contribution in [2.75, 3.05) is 6.61 Å². The summed E-state index contributed by atoms with van der Waals surface area (Å²) >= 11 is 0. The van der Waals surface area contributed by atoms with E-state index in [1.807, 2.05) is 0 Å². The van der Waals surface area contributed by atoms with Crippen LogP contribution in [0.1, 0.15) is 10.6 Å². The maximum atomic E-state index is 12.9. The number of benzene rings is 1. The highest BCUT2D eigenvalue weighted by atomic mass is 19.1. The molecule has 0 saturated carbocycles. The third-order valence-electron chi connectivity index (χ3n) is 2.27. The standard InChI is InChI=1S/C12H8FNO5/c13-8-3-4-11(9(6-8)14(16)17)19-7-10(15)12-2-1-5-18-12/h1-6H,7H2. The number of rotatable bonds is 5. The maximum Gasteiger partial charge on any atom is 0.313 e. The molecule has 7 heteroatoms. The average Bonchev–Trinajstić information content (AvgIpc) is 2.90. The number of hydrogen-bond acceptors (Lipinski definition) is 5. The van der Waals surface area contributed by atoms with Gasteiger partial charge in [0.25, 0.3) is 0 Å². The first-order valence-electron chi connectivity index (χ1n) is 5.21. The van der Waals surface area contributed by atoms with Crippen molar-refractivity contribution in [2.45, 2.75) is 0 Å². The third kappa shape index (κ3) is 2.95. The molecular formula is C12H8FNO5. The molecule has 2 rings (SSSR count). The number of halogens is 1. The summed E-state index contributed by atoms with van der Waals surface area (Å²) in [6, 6.07) is 5.83. The Morgan fingerprint density at radius 1 is 1.42 bits per heavy atom. The second-order valence-corrected chi connectivity index (χ2v) is 3.56. The average molecular weight is 265 g/mol. The molecule has 0 fully saturated rings. The molecule has 6 nitrogen and oxygen atoms in total. The van der Waals surface area contributed by atoms with Gasteiger partial charge in [-0.05, 0) is 24.3 Å². The first-order valence-corrected chi connectivity index (χ1v) is 5.21. The van der Waals surface area contributed by atoms with Crippen molar-refractivity contribution in [3.8, 4) is 5.75 Å². The van der Waals surface area contributed by atoms with Gasteiger partial charge in [-0.3, -0.25) is 14.9 Å². The number of ether oxygens (including phenoxy) is 1. The van der Waals surface area contributed by atoms with Crippen LogP contribution in [0.2, 0.25) is 0 Å². The van der Waals surface area contributed by atoms with Gasteiger partial charge in [0.2, 0.25) is 5.78 Å². The Balaban J connectivity index is 2.11. The smallest absolute Gasteiger partial charge is 0.313 e. The quantitative estimate of drug-likeness (QED) is 0.471. The lowest BCUT2D eigenvalue weighted by molar-refractivity contribution is -0.386. The lowest BCUT2D eigenvalue weighted by Crippen LogP contribution is -2.11. The second-order valence-electron chi connectivity index (χ2n) is 3.56. The number of ketones is 1. The van der Waals surface area contributed by atoms with Crippen LogP contribution >= 0.6 is 0 Å². The maximum absolute atomic E-state index is 12.9. The Labute approximate surface area is 106 Å². The van der Waals surface area contributed by atoms with Gasteiger partial charge in [0.05, 0.1) is 17.3 Å². The van der Waals surface area contributed by atoms with E-state index in [-0.39, 0.29) is 11.5 Å². The van der Waals surface area contributed by atoms with E-state index in [1.54, 1.807) is 0 Å². The van der Waals surface area contributed by atoms with Crippen molar-refractivity contribution in [1.82, 2.24) is 0 Å². The molecule has 0 aliphatic carbocycles. The molecule has 0 radical (unpaired) electrons. The molecule has 0 saturated heterocycles. The SMILES string of the molecule is O=C(COc1ccc(F)cc1[N+](=O)[O-])c1ccco1. The first-order chi connectivity index (χ1) is 9.08. The molecule has 0 atom stereocenters. The molecule has 0 amide bonds. The van der Waals surface area contributed by atoms with Gasteiger partial charge in [0, 0.05) is 0 Å². The van der Waals surface area contributed by atoms with E-state index in [0.717, 1.165) is 18.2 Å². The van der Waals surface area contributed by atoms with Gasteiger partial charge in [0.15, 0.2) is 18.1 Å². The van der Waals surface area contributed by atoms with Gasteiger partial charge < -0.3 is 9.15 Å². The number of nitro benzene ring substituents is 1. The van der Waals surface area contributed by atoms with Crippen LogP contribution in [0.3, 0.4) is 0 Å². The summed E-state index contributed by atoms with van der Waals surface area (Å²) < 4.78 is 22.8. The van der Waals surface area contributed by atoms with E-state index in [0.29, 0.717) is 0 Å². The third-order valence-corrected chi connectivity index (χ3v) is 2.27. The predicted molar refractivity (Wildman–Crippen MR) is 61.6 cm³/mol. The van der Waals surface area contributed by atoms with Crippen LogP contribution in [-0.2, 0) is 0 Å². The van der Waals surface area contributed by atoms with Gasteiger partial charge in [0.1, 0.15) is 5.82 Å². The highest BCUT2D eigenvalue weighted by Gasteiger charge is 2.18. The number of carbonyl (C=O) groups is 1. The number of nitrogens with zero attached hydrogens (tertiary/aromatic N) is 1. The van der Waals surface area contributed by atoms with E-state index in [1.165, 1.54) is 18.4 Å². The molecule has 19 heavy (non-hydrogen) atoms. The molecule has 0 spiro atoms. The van der Waals surface area contributed by atoms with Crippen LogP contribution in [0.5, 0.6) is 5.75 Å². The Hall–Kier alpha value is -2.70. The highest BCUT2D eigenvalue weighted by Crippen LogP contribution is 2.27. The summed E-state index contributed by atoms with van der Waals surface area (Å²) in [5, 5.41) is 10.7. The van der Waals surface area contributed by atoms with Crippen LogP contribution in [0, 0.1) is 15.9 Å². The largest absolute Gasteiger partial charge is 0.478 e. The Morgan fingerprint density at radius 2 is 2.21 bits per heavy atom. The Kier molecular flexibility index (Phi) is 3.56. The molecule has 0 bridgehead atoms. The normalized spacial score (nSPS) is 10.2. The van der Waals surface area contributed by atoms with Crippen LogP contribution in [0.25, 0.3) is 0 Å². The molecule has 1 aromatic heterocycles. The first kappa shape index (κ1) is 12.7. The molecule has 0 N–H and O–H groups in total. The molecule has 2 aromatic rings. The van der Waals surface area contributed by atoms with E-state index in [4.69, 9.17) is 9.15 Å². The fraction of sp³-hybridized carbons (Fsp3) is 0.0833. The van der Waals surface area contributed by atoms with Crippen molar-refractivity contribution in [2.24, 2.45) is 0 Å². The number of hydrogen-bond donors (Lipinski definition) is 0. The van der Waals surface area contributed by atoms with Crippen LogP contribution in [0.4, 0.5) is 10.1 Å². The summed E-state index contributed by atoms with van der Waals surface area (Å²) in [5.41, 5.74) is -0.535. The van der Waals surface area contributed by atoms with Crippen molar-refractivity contribution >= 4 is 11.5 Å². The van der Waals surface area contributed by atoms with Crippen LogP contribution in [-0.4, -0.2) is 17.3 Å². The van der Waals surface area contributed by atoms with Gasteiger partial charge in [-0.25, -0.2) is 4.39 Å². The van der Waals surface area contributed by atoms with E-state index in [2.05, 4.69) is 0 Å². The molecule has 1 heterocycles. The summed E-state index contributed by atoms with van der Waals surface area (Å²) in [5.74, 6) is -1.31. The summed E-state index contributed by atoms with van der Waals surface area (Å²) in [7, 11) is 0. The zero-order valence-corrected chi connectivity index (χ0v) is 9.54. The van der Waals surface area contributed by atoms with E-state index in [9.17, 15) is 19.3 Å². The lowest BCUT2D eigenvalue weighted by atomic mass is 10.3. The minimum absolute atomic E-state index is 0.0877. The molecular weight excluding hydrogens is 257 g/mol. The number of nitro groups is 1. The van der Waals surface area contributed by atoms with Crippen molar-refractivity contribution in [1.29, 1.82) is 0 Å². The molecule has 0 aliphatic rings. The second kappa shape index (κ2) is 5.30. The summed E-state index contributed by atoms with van der Waals surface area (Å²) in [4.78, 5) is 21.5. The summed E-state index contributed by atoms with van der Waals surface area (Å²) in [6.45, 7) is -0.431. The van der Waals surface area contributed by atoms with Gasteiger partial charge in [-0.2, -0.15) is 0 Å². The fourth-order valence-electron chi connectivity index (χ4n) is 1.41. The zero-order valence-electron chi connectivity index (χ0n) is 9.54. The van der Waals surface area contributed by atoms with Gasteiger partial charge >= 0.3 is 5.69 Å². The summed E-state index contributed by atoms with van der Waals surface area (Å²) in [6.07, 6.45) is 1.33. The topological polar surface area (TPSA) is 82.6 Å². The van der Waals surface area contributed by atoms with E-state index < -0.39 is 28.8 Å².